The molecule has 9 nitrogen and oxygen atoms in total. The largest absolute Gasteiger partial charge is 0.493 e. The first-order chi connectivity index (χ1) is 17.5. The fourth-order valence-electron chi connectivity index (χ4n) is 3.71. The van der Waals surface area contributed by atoms with E-state index in [1.165, 1.54) is 31.3 Å². The van der Waals surface area contributed by atoms with Gasteiger partial charge < -0.3 is 19.7 Å². The molecule has 0 heterocycles. The number of sulfonamides is 1. The summed E-state index contributed by atoms with van der Waals surface area (Å²) in [6.45, 7) is 3.65. The van der Waals surface area contributed by atoms with E-state index >= 15 is 0 Å². The first-order valence-electron chi connectivity index (χ1n) is 11.7. The lowest BCUT2D eigenvalue weighted by Gasteiger charge is -2.33. The molecule has 2 aromatic carbocycles. The SMILES string of the molecule is CCCNC(=O)C(CC)N(Cc1ccc(Cl)c(Cl)c1)C(=O)CN(c1ccc(OC)c(OC)c1)S(C)(=O)=O. The number of nitrogens with zero attached hydrogens (tertiary/aromatic N) is 2. The Bertz CT molecular complexity index is 1210. The van der Waals surface area contributed by atoms with E-state index in [1.807, 2.05) is 6.92 Å². The number of halogens is 2. The minimum atomic E-state index is -3.89. The molecule has 2 aromatic rings. The molecule has 1 atom stereocenters. The van der Waals surface area contributed by atoms with Gasteiger partial charge in [-0.05, 0) is 42.7 Å². The number of amides is 2. The van der Waals surface area contributed by atoms with Gasteiger partial charge in [-0.15, -0.1) is 0 Å². The number of benzene rings is 2. The second-order valence-corrected chi connectivity index (χ2v) is 11.0. The number of hydrogen-bond donors (Lipinski definition) is 1. The third-order valence-electron chi connectivity index (χ3n) is 5.61. The number of nitrogens with one attached hydrogen (secondary N) is 1. The maximum absolute atomic E-state index is 13.7. The van der Waals surface area contributed by atoms with Gasteiger partial charge in [0, 0.05) is 19.2 Å². The number of methoxy groups -OCH3 is 2. The van der Waals surface area contributed by atoms with Crippen molar-refractivity contribution in [2.24, 2.45) is 0 Å². The molecule has 0 aromatic heterocycles. The van der Waals surface area contributed by atoms with E-state index in [1.54, 1.807) is 31.2 Å². The van der Waals surface area contributed by atoms with Gasteiger partial charge in [-0.25, -0.2) is 8.42 Å². The molecule has 2 amide bonds. The Morgan fingerprint density at radius 1 is 1.00 bits per heavy atom. The normalized spacial score (nSPS) is 12.0. The average Bonchev–Trinajstić information content (AvgIpc) is 2.86. The number of carbonyl (C=O) groups is 2. The van der Waals surface area contributed by atoms with Gasteiger partial charge in [0.1, 0.15) is 12.6 Å². The smallest absolute Gasteiger partial charge is 0.244 e. The topological polar surface area (TPSA) is 105 Å². The van der Waals surface area contributed by atoms with Crippen LogP contribution in [0, 0.1) is 0 Å². The van der Waals surface area contributed by atoms with Crippen molar-refractivity contribution in [3.8, 4) is 11.5 Å². The second-order valence-electron chi connectivity index (χ2n) is 8.29. The van der Waals surface area contributed by atoms with E-state index in [0.29, 0.717) is 40.1 Å². The number of anilines is 1. The standard InChI is InChI=1S/C25H33Cl2N3O6S/c1-6-12-28-25(32)21(7-2)29(15-17-8-10-19(26)20(27)13-17)24(31)16-30(37(5,33)34)18-9-11-22(35-3)23(14-18)36-4/h8-11,13-14,21H,6-7,12,15-16H2,1-5H3,(H,28,32). The molecule has 0 aliphatic heterocycles. The summed E-state index contributed by atoms with van der Waals surface area (Å²) < 4.78 is 37.0. The van der Waals surface area contributed by atoms with Crippen molar-refractivity contribution < 1.29 is 27.5 Å². The third kappa shape index (κ3) is 8.15. The maximum atomic E-state index is 13.7. The highest BCUT2D eigenvalue weighted by Crippen LogP contribution is 2.32. The molecule has 0 saturated carbocycles. The van der Waals surface area contributed by atoms with Crippen LogP contribution < -0.4 is 19.1 Å². The van der Waals surface area contributed by atoms with E-state index in [0.717, 1.165) is 17.0 Å². The lowest BCUT2D eigenvalue weighted by Crippen LogP contribution is -2.52. The summed E-state index contributed by atoms with van der Waals surface area (Å²) in [6.07, 6.45) is 2.05. The molecule has 12 heteroatoms. The molecule has 0 radical (unpaired) electrons. The molecular weight excluding hydrogens is 541 g/mol. The van der Waals surface area contributed by atoms with Crippen molar-refractivity contribution in [2.75, 3.05) is 37.9 Å². The molecule has 0 aliphatic carbocycles. The molecule has 204 valence electrons. The summed E-state index contributed by atoms with van der Waals surface area (Å²) >= 11 is 12.2. The molecule has 0 spiro atoms. The predicted molar refractivity (Wildman–Crippen MR) is 146 cm³/mol. The lowest BCUT2D eigenvalue weighted by atomic mass is 10.1. The van der Waals surface area contributed by atoms with Crippen LogP contribution in [0.3, 0.4) is 0 Å². The Hall–Kier alpha value is -2.69. The molecule has 1 N–H and O–H groups in total. The van der Waals surface area contributed by atoms with E-state index in [4.69, 9.17) is 32.7 Å². The van der Waals surface area contributed by atoms with Gasteiger partial charge in [0.25, 0.3) is 0 Å². The van der Waals surface area contributed by atoms with Gasteiger partial charge in [-0.2, -0.15) is 0 Å². The molecule has 1 unspecified atom stereocenters. The van der Waals surface area contributed by atoms with Crippen LogP contribution in [0.1, 0.15) is 32.3 Å². The zero-order valence-corrected chi connectivity index (χ0v) is 23.9. The van der Waals surface area contributed by atoms with Gasteiger partial charge >= 0.3 is 0 Å². The number of hydrogen-bond acceptors (Lipinski definition) is 6. The average molecular weight is 575 g/mol. The number of rotatable bonds is 13. The Balaban J connectivity index is 2.49. The van der Waals surface area contributed by atoms with Crippen LogP contribution in [0.2, 0.25) is 10.0 Å². The summed E-state index contributed by atoms with van der Waals surface area (Å²) in [4.78, 5) is 28.1. The minimum Gasteiger partial charge on any atom is -0.493 e. The molecule has 0 bridgehead atoms. The Labute approximate surface area is 228 Å². The summed E-state index contributed by atoms with van der Waals surface area (Å²) in [5, 5.41) is 3.48. The van der Waals surface area contributed by atoms with Gasteiger partial charge in [0.15, 0.2) is 11.5 Å². The van der Waals surface area contributed by atoms with Crippen molar-refractivity contribution >= 4 is 50.7 Å². The van der Waals surface area contributed by atoms with E-state index in [-0.39, 0.29) is 18.1 Å². The minimum absolute atomic E-state index is 0.0251. The summed E-state index contributed by atoms with van der Waals surface area (Å²) in [5.41, 5.74) is 0.855. The maximum Gasteiger partial charge on any atom is 0.244 e. The van der Waals surface area contributed by atoms with Gasteiger partial charge in [0.2, 0.25) is 21.8 Å². The Morgan fingerprint density at radius 2 is 1.68 bits per heavy atom. The zero-order chi connectivity index (χ0) is 27.8. The van der Waals surface area contributed by atoms with Crippen LogP contribution in [0.4, 0.5) is 5.69 Å². The summed E-state index contributed by atoms with van der Waals surface area (Å²) in [5.74, 6) is -0.176. The predicted octanol–water partition coefficient (Wildman–Crippen LogP) is 4.11. The highest BCUT2D eigenvalue weighted by molar-refractivity contribution is 7.92. The molecule has 0 fully saturated rings. The Kier molecular flexibility index (Phi) is 11.3. The molecular formula is C25H33Cl2N3O6S. The van der Waals surface area contributed by atoms with Crippen LogP contribution in [-0.2, 0) is 26.2 Å². The van der Waals surface area contributed by atoms with Gasteiger partial charge in [-0.3, -0.25) is 13.9 Å². The van der Waals surface area contributed by atoms with Gasteiger partial charge in [-0.1, -0.05) is 43.1 Å². The quantitative estimate of drug-likeness (QED) is 0.386. The van der Waals surface area contributed by atoms with Crippen molar-refractivity contribution in [1.29, 1.82) is 0 Å². The van der Waals surface area contributed by atoms with Crippen LogP contribution in [0.25, 0.3) is 0 Å². The molecule has 0 saturated heterocycles. The van der Waals surface area contributed by atoms with E-state index in [2.05, 4.69) is 5.32 Å². The fourth-order valence-corrected chi connectivity index (χ4v) is 4.88. The fraction of sp³-hybridized carbons (Fsp3) is 0.440. The highest BCUT2D eigenvalue weighted by Gasteiger charge is 2.32. The Morgan fingerprint density at radius 3 is 2.22 bits per heavy atom. The monoisotopic (exact) mass is 573 g/mol. The first-order valence-corrected chi connectivity index (χ1v) is 14.3. The van der Waals surface area contributed by atoms with E-state index < -0.39 is 28.5 Å². The van der Waals surface area contributed by atoms with Crippen LogP contribution >= 0.6 is 23.2 Å². The third-order valence-corrected chi connectivity index (χ3v) is 7.49. The summed E-state index contributed by atoms with van der Waals surface area (Å²) in [6, 6.07) is 8.63. The van der Waals surface area contributed by atoms with Crippen LogP contribution in [-0.4, -0.2) is 64.7 Å². The van der Waals surface area contributed by atoms with Crippen LogP contribution in [0.5, 0.6) is 11.5 Å². The zero-order valence-electron chi connectivity index (χ0n) is 21.6. The molecule has 2 rings (SSSR count). The lowest BCUT2D eigenvalue weighted by molar-refractivity contribution is -0.140. The van der Waals surface area contributed by atoms with Crippen molar-refractivity contribution in [2.45, 2.75) is 39.3 Å². The molecule has 0 aliphatic rings. The van der Waals surface area contributed by atoms with Gasteiger partial charge in [0.05, 0.1) is 36.2 Å². The summed E-state index contributed by atoms with van der Waals surface area (Å²) in [7, 11) is -1.00. The highest BCUT2D eigenvalue weighted by atomic mass is 35.5. The second kappa shape index (κ2) is 13.7. The first kappa shape index (κ1) is 30.5. The number of ether oxygens (including phenoxy) is 2. The van der Waals surface area contributed by atoms with Crippen molar-refractivity contribution in [1.82, 2.24) is 10.2 Å². The van der Waals surface area contributed by atoms with E-state index in [9.17, 15) is 18.0 Å². The van der Waals surface area contributed by atoms with Crippen LogP contribution in [0.15, 0.2) is 36.4 Å². The van der Waals surface area contributed by atoms with Crippen molar-refractivity contribution in [3.63, 3.8) is 0 Å². The molecule has 37 heavy (non-hydrogen) atoms. The number of carbonyl (C=O) groups excluding carboxylic acids is 2. The van der Waals surface area contributed by atoms with Crippen molar-refractivity contribution in [3.05, 3.63) is 52.0 Å².